The van der Waals surface area contributed by atoms with Crippen molar-refractivity contribution in [2.24, 2.45) is 0 Å². The number of hydrogen-bond donors (Lipinski definition) is 1. The van der Waals surface area contributed by atoms with Crippen molar-refractivity contribution in [3.8, 4) is 0 Å². The smallest absolute Gasteiger partial charge is 0.255 e. The van der Waals surface area contributed by atoms with Gasteiger partial charge in [0.05, 0.1) is 11.3 Å². The van der Waals surface area contributed by atoms with E-state index in [1.165, 1.54) is 49.0 Å². The van der Waals surface area contributed by atoms with Crippen LogP contribution in [-0.4, -0.2) is 63.7 Å². The van der Waals surface area contributed by atoms with E-state index in [-0.39, 0.29) is 17.4 Å². The Kier molecular flexibility index (Phi) is 7.08. The Morgan fingerprint density at radius 3 is 2.52 bits per heavy atom. The third-order valence-corrected chi connectivity index (χ3v) is 7.43. The van der Waals surface area contributed by atoms with Crippen molar-refractivity contribution < 1.29 is 4.79 Å². The van der Waals surface area contributed by atoms with Crippen LogP contribution >= 0.6 is 23.5 Å². The number of aromatic nitrogens is 2. The Hall–Kier alpha value is -0.790. The molecule has 0 spiro atoms. The molecule has 27 heavy (non-hydrogen) atoms. The first-order valence-corrected chi connectivity index (χ1v) is 12.4. The normalized spacial score (nSPS) is 20.2. The zero-order chi connectivity index (χ0) is 19.4. The van der Waals surface area contributed by atoms with Gasteiger partial charge in [-0.25, -0.2) is 9.97 Å². The van der Waals surface area contributed by atoms with E-state index in [2.05, 4.69) is 34.0 Å². The molecule has 0 atom stereocenters. The summed E-state index contributed by atoms with van der Waals surface area (Å²) < 4.78 is 0. The van der Waals surface area contributed by atoms with Crippen LogP contribution in [0.25, 0.3) is 0 Å². The summed E-state index contributed by atoms with van der Waals surface area (Å²) in [6, 6.07) is 0. The van der Waals surface area contributed by atoms with E-state index in [0.717, 1.165) is 36.2 Å². The second-order valence-electron chi connectivity index (χ2n) is 7.92. The molecule has 1 aliphatic carbocycles. The van der Waals surface area contributed by atoms with Crippen LogP contribution in [0.2, 0.25) is 0 Å². The maximum absolute atomic E-state index is 13.1. The van der Waals surface area contributed by atoms with Gasteiger partial charge in [0.1, 0.15) is 10.9 Å². The summed E-state index contributed by atoms with van der Waals surface area (Å²) in [7, 11) is 0. The van der Waals surface area contributed by atoms with Gasteiger partial charge in [-0.15, -0.1) is 11.8 Å². The highest BCUT2D eigenvalue weighted by Gasteiger charge is 2.40. The topological polar surface area (TPSA) is 58.1 Å². The Morgan fingerprint density at radius 2 is 1.93 bits per heavy atom. The molecule has 7 heteroatoms. The first kappa shape index (κ1) is 20.9. The summed E-state index contributed by atoms with van der Waals surface area (Å²) in [5.41, 5.74) is 1.57. The molecule has 2 fully saturated rings. The highest BCUT2D eigenvalue weighted by atomic mass is 32.2. The molecule has 1 aliphatic heterocycles. The lowest BCUT2D eigenvalue weighted by molar-refractivity contribution is 0.0813. The van der Waals surface area contributed by atoms with Crippen molar-refractivity contribution in [3.63, 3.8) is 0 Å². The molecule has 1 aromatic rings. The van der Waals surface area contributed by atoms with Crippen LogP contribution in [0.4, 0.5) is 0 Å². The van der Waals surface area contributed by atoms with Crippen molar-refractivity contribution in [1.29, 1.82) is 0 Å². The van der Waals surface area contributed by atoms with Gasteiger partial charge < -0.3 is 5.32 Å². The second kappa shape index (κ2) is 9.14. The first-order valence-electron chi connectivity index (χ1n) is 10.0. The van der Waals surface area contributed by atoms with Gasteiger partial charge in [0, 0.05) is 42.6 Å². The van der Waals surface area contributed by atoms with Crippen LogP contribution in [0.5, 0.6) is 0 Å². The highest BCUT2D eigenvalue weighted by molar-refractivity contribution is 7.99. The Morgan fingerprint density at radius 1 is 1.26 bits per heavy atom. The van der Waals surface area contributed by atoms with E-state index >= 15 is 0 Å². The minimum atomic E-state index is -0.0233. The summed E-state index contributed by atoms with van der Waals surface area (Å²) in [5, 5.41) is 4.05. The van der Waals surface area contributed by atoms with Gasteiger partial charge in [-0.2, -0.15) is 11.8 Å². The SMILES string of the molecule is CSc1nc(C(C)C)nc(C)c1C(=O)NCC1(N2CCSCC2)CCCC1. The number of carbonyl (C=O) groups is 1. The number of nitrogens with one attached hydrogen (secondary N) is 1. The standard InChI is InChI=1S/C20H32N4OS2/c1-14(2)17-22-15(3)16(19(23-17)26-4)18(25)21-13-20(7-5-6-8-20)24-9-11-27-12-10-24/h14H,5-13H2,1-4H3,(H,21,25). The molecule has 3 rings (SSSR count). The van der Waals surface area contributed by atoms with E-state index in [9.17, 15) is 4.79 Å². The summed E-state index contributed by atoms with van der Waals surface area (Å²) in [5.74, 6) is 3.45. The first-order chi connectivity index (χ1) is 13.0. The van der Waals surface area contributed by atoms with E-state index < -0.39 is 0 Å². The van der Waals surface area contributed by atoms with Crippen molar-refractivity contribution in [2.75, 3.05) is 37.4 Å². The molecule has 1 saturated carbocycles. The van der Waals surface area contributed by atoms with E-state index in [0.29, 0.717) is 5.56 Å². The van der Waals surface area contributed by atoms with Gasteiger partial charge in [-0.05, 0) is 26.0 Å². The summed E-state index contributed by atoms with van der Waals surface area (Å²) in [6.07, 6.45) is 6.89. The van der Waals surface area contributed by atoms with Gasteiger partial charge in [-0.1, -0.05) is 26.7 Å². The molecule has 2 heterocycles. The van der Waals surface area contributed by atoms with Crippen LogP contribution in [0, 0.1) is 6.92 Å². The zero-order valence-electron chi connectivity index (χ0n) is 17.0. The third kappa shape index (κ3) is 4.62. The predicted octanol–water partition coefficient (Wildman–Crippen LogP) is 3.72. The van der Waals surface area contributed by atoms with E-state index in [1.807, 2.05) is 24.9 Å². The molecule has 1 N–H and O–H groups in total. The average molecular weight is 409 g/mol. The van der Waals surface area contributed by atoms with Crippen LogP contribution in [-0.2, 0) is 0 Å². The van der Waals surface area contributed by atoms with Gasteiger partial charge in [0.2, 0.25) is 0 Å². The number of hydrogen-bond acceptors (Lipinski definition) is 6. The fourth-order valence-electron chi connectivity index (χ4n) is 4.24. The third-order valence-electron chi connectivity index (χ3n) is 5.81. The summed E-state index contributed by atoms with van der Waals surface area (Å²) in [6.45, 7) is 9.10. The van der Waals surface area contributed by atoms with Crippen LogP contribution in [0.3, 0.4) is 0 Å². The van der Waals surface area contributed by atoms with Gasteiger partial charge in [0.25, 0.3) is 5.91 Å². The van der Waals surface area contributed by atoms with Crippen molar-refractivity contribution in [1.82, 2.24) is 20.2 Å². The lowest BCUT2D eigenvalue weighted by atomic mass is 9.94. The van der Waals surface area contributed by atoms with Crippen molar-refractivity contribution in [2.45, 2.75) is 62.9 Å². The summed E-state index contributed by atoms with van der Waals surface area (Å²) in [4.78, 5) is 24.9. The summed E-state index contributed by atoms with van der Waals surface area (Å²) >= 11 is 3.57. The Labute approximate surface area is 171 Å². The minimum Gasteiger partial charge on any atom is -0.350 e. The molecule has 1 aromatic heterocycles. The number of thioether (sulfide) groups is 2. The van der Waals surface area contributed by atoms with Crippen LogP contribution in [0.1, 0.15) is 67.3 Å². The maximum atomic E-state index is 13.1. The van der Waals surface area contributed by atoms with Gasteiger partial charge in [0.15, 0.2) is 0 Å². The van der Waals surface area contributed by atoms with Crippen LogP contribution in [0.15, 0.2) is 5.03 Å². The number of aryl methyl sites for hydroxylation is 1. The van der Waals surface area contributed by atoms with E-state index in [4.69, 9.17) is 0 Å². The number of amides is 1. The molecule has 1 saturated heterocycles. The quantitative estimate of drug-likeness (QED) is 0.572. The Balaban J connectivity index is 1.76. The fraction of sp³-hybridized carbons (Fsp3) is 0.750. The molecule has 0 radical (unpaired) electrons. The monoisotopic (exact) mass is 408 g/mol. The molecule has 0 unspecified atom stereocenters. The van der Waals surface area contributed by atoms with Crippen molar-refractivity contribution >= 4 is 29.4 Å². The second-order valence-corrected chi connectivity index (χ2v) is 9.94. The fourth-order valence-corrected chi connectivity index (χ4v) is 5.78. The molecule has 0 aromatic carbocycles. The maximum Gasteiger partial charge on any atom is 0.255 e. The molecular formula is C20H32N4OS2. The lowest BCUT2D eigenvalue weighted by Crippen LogP contribution is -2.56. The van der Waals surface area contributed by atoms with E-state index in [1.54, 1.807) is 0 Å². The Bertz CT molecular complexity index is 668. The molecule has 1 amide bonds. The van der Waals surface area contributed by atoms with Gasteiger partial charge >= 0.3 is 0 Å². The predicted molar refractivity (Wildman–Crippen MR) is 115 cm³/mol. The molecular weight excluding hydrogens is 376 g/mol. The largest absolute Gasteiger partial charge is 0.350 e. The molecule has 150 valence electrons. The number of carbonyl (C=O) groups excluding carboxylic acids is 1. The van der Waals surface area contributed by atoms with Crippen LogP contribution < -0.4 is 5.32 Å². The number of nitrogens with zero attached hydrogens (tertiary/aromatic N) is 3. The minimum absolute atomic E-state index is 0.0233. The van der Waals surface area contributed by atoms with Gasteiger partial charge in [-0.3, -0.25) is 9.69 Å². The highest BCUT2D eigenvalue weighted by Crippen LogP contribution is 2.36. The zero-order valence-corrected chi connectivity index (χ0v) is 18.6. The molecule has 5 nitrogen and oxygen atoms in total. The lowest BCUT2D eigenvalue weighted by Gasteiger charge is -2.43. The molecule has 2 aliphatic rings. The molecule has 0 bridgehead atoms. The van der Waals surface area contributed by atoms with Crippen molar-refractivity contribution in [3.05, 3.63) is 17.1 Å². The average Bonchev–Trinajstić information content (AvgIpc) is 3.16. The number of rotatable bonds is 6.